The first-order chi connectivity index (χ1) is 16.3. The SMILES string of the molecule is FC(F)(F)Oc1ccc(/C=N\Nc2cc(-c3ccccc3)nc(Nc3ccc(Cl)cc3)n2)cc1. The zero-order chi connectivity index (χ0) is 24.0. The largest absolute Gasteiger partial charge is 0.573 e. The van der Waals surface area contributed by atoms with E-state index in [1.807, 2.05) is 30.3 Å². The van der Waals surface area contributed by atoms with E-state index in [0.29, 0.717) is 28.0 Å². The monoisotopic (exact) mass is 483 g/mol. The van der Waals surface area contributed by atoms with E-state index in [0.717, 1.165) is 11.3 Å². The molecule has 1 heterocycles. The zero-order valence-corrected chi connectivity index (χ0v) is 18.2. The van der Waals surface area contributed by atoms with Crippen molar-refractivity contribution >= 4 is 35.3 Å². The molecule has 0 unspecified atom stereocenters. The fourth-order valence-electron chi connectivity index (χ4n) is 2.91. The molecule has 172 valence electrons. The van der Waals surface area contributed by atoms with E-state index < -0.39 is 6.36 Å². The molecule has 3 aromatic carbocycles. The minimum Gasteiger partial charge on any atom is -0.406 e. The zero-order valence-electron chi connectivity index (χ0n) is 17.4. The molecule has 2 N–H and O–H groups in total. The smallest absolute Gasteiger partial charge is 0.406 e. The molecule has 4 aromatic rings. The molecule has 34 heavy (non-hydrogen) atoms. The van der Waals surface area contributed by atoms with Crippen LogP contribution in [0.5, 0.6) is 5.75 Å². The highest BCUT2D eigenvalue weighted by molar-refractivity contribution is 6.30. The lowest BCUT2D eigenvalue weighted by Crippen LogP contribution is -2.17. The van der Waals surface area contributed by atoms with Crippen molar-refractivity contribution in [3.8, 4) is 17.0 Å². The number of nitrogens with zero attached hydrogens (tertiary/aromatic N) is 3. The van der Waals surface area contributed by atoms with Gasteiger partial charge in [-0.1, -0.05) is 41.9 Å². The number of alkyl halides is 3. The predicted molar refractivity (Wildman–Crippen MR) is 127 cm³/mol. The number of nitrogens with one attached hydrogen (secondary N) is 2. The molecule has 0 radical (unpaired) electrons. The van der Waals surface area contributed by atoms with Crippen LogP contribution >= 0.6 is 11.6 Å². The van der Waals surface area contributed by atoms with Gasteiger partial charge in [0.15, 0.2) is 5.82 Å². The van der Waals surface area contributed by atoms with E-state index in [1.54, 1.807) is 30.3 Å². The molecule has 0 saturated carbocycles. The van der Waals surface area contributed by atoms with Gasteiger partial charge >= 0.3 is 6.36 Å². The maximum absolute atomic E-state index is 12.3. The van der Waals surface area contributed by atoms with Gasteiger partial charge in [-0.05, 0) is 54.1 Å². The average molecular weight is 484 g/mol. The Balaban J connectivity index is 1.53. The molecule has 0 atom stereocenters. The van der Waals surface area contributed by atoms with Gasteiger partial charge in [0.25, 0.3) is 0 Å². The number of halogens is 4. The second-order valence-corrected chi connectivity index (χ2v) is 7.38. The van der Waals surface area contributed by atoms with Crippen LogP contribution in [0.2, 0.25) is 5.02 Å². The van der Waals surface area contributed by atoms with Gasteiger partial charge in [-0.25, -0.2) is 4.98 Å². The Kier molecular flexibility index (Phi) is 6.93. The first-order valence-corrected chi connectivity index (χ1v) is 10.3. The fourth-order valence-corrected chi connectivity index (χ4v) is 3.03. The molecule has 0 saturated heterocycles. The summed E-state index contributed by atoms with van der Waals surface area (Å²) in [7, 11) is 0. The Bertz CT molecular complexity index is 1260. The topological polar surface area (TPSA) is 71.4 Å². The lowest BCUT2D eigenvalue weighted by atomic mass is 10.1. The van der Waals surface area contributed by atoms with E-state index in [2.05, 4.69) is 30.5 Å². The van der Waals surface area contributed by atoms with E-state index >= 15 is 0 Å². The third kappa shape index (κ3) is 6.69. The average Bonchev–Trinajstić information content (AvgIpc) is 2.81. The highest BCUT2D eigenvalue weighted by atomic mass is 35.5. The molecule has 0 bridgehead atoms. The third-order valence-electron chi connectivity index (χ3n) is 4.40. The van der Waals surface area contributed by atoms with Gasteiger partial charge in [-0.3, -0.25) is 5.43 Å². The molecule has 0 aliphatic carbocycles. The van der Waals surface area contributed by atoms with Crippen molar-refractivity contribution in [3.63, 3.8) is 0 Å². The lowest BCUT2D eigenvalue weighted by Gasteiger charge is -2.10. The van der Waals surface area contributed by atoms with Crippen molar-refractivity contribution in [2.45, 2.75) is 6.36 Å². The Labute approximate surface area is 198 Å². The van der Waals surface area contributed by atoms with Gasteiger partial charge in [-0.2, -0.15) is 10.1 Å². The minimum atomic E-state index is -4.74. The quantitative estimate of drug-likeness (QED) is 0.221. The van der Waals surface area contributed by atoms with Crippen molar-refractivity contribution in [1.82, 2.24) is 9.97 Å². The second-order valence-electron chi connectivity index (χ2n) is 6.95. The predicted octanol–water partition coefficient (Wildman–Crippen LogP) is 6.89. The van der Waals surface area contributed by atoms with E-state index in [1.165, 1.54) is 30.5 Å². The summed E-state index contributed by atoms with van der Waals surface area (Å²) in [5.74, 6) is 0.451. The normalized spacial score (nSPS) is 11.4. The number of aromatic nitrogens is 2. The van der Waals surface area contributed by atoms with Gasteiger partial charge in [-0.15, -0.1) is 13.2 Å². The molecule has 1 aromatic heterocycles. The second kappa shape index (κ2) is 10.2. The van der Waals surface area contributed by atoms with Crippen LogP contribution in [0.15, 0.2) is 90.0 Å². The van der Waals surface area contributed by atoms with Gasteiger partial charge in [0.2, 0.25) is 5.95 Å². The van der Waals surface area contributed by atoms with Crippen molar-refractivity contribution in [2.75, 3.05) is 10.7 Å². The lowest BCUT2D eigenvalue weighted by molar-refractivity contribution is -0.274. The van der Waals surface area contributed by atoms with Crippen LogP contribution in [0.1, 0.15) is 5.56 Å². The Morgan fingerprint density at radius 1 is 0.882 bits per heavy atom. The van der Waals surface area contributed by atoms with Crippen molar-refractivity contribution in [1.29, 1.82) is 0 Å². The summed E-state index contributed by atoms with van der Waals surface area (Å²) in [6.07, 6.45) is -3.29. The number of hydrogen-bond donors (Lipinski definition) is 2. The Morgan fingerprint density at radius 3 is 2.26 bits per heavy atom. The van der Waals surface area contributed by atoms with E-state index in [4.69, 9.17) is 11.6 Å². The molecular weight excluding hydrogens is 467 g/mol. The first kappa shape index (κ1) is 23.1. The number of benzene rings is 3. The number of hydrogen-bond acceptors (Lipinski definition) is 6. The van der Waals surface area contributed by atoms with Crippen LogP contribution in [0, 0.1) is 0 Å². The summed E-state index contributed by atoms with van der Waals surface area (Å²) in [6, 6.07) is 23.7. The van der Waals surface area contributed by atoms with Crippen LogP contribution in [-0.4, -0.2) is 22.5 Å². The maximum atomic E-state index is 12.3. The Hall–Kier alpha value is -4.11. The number of rotatable bonds is 7. The number of ether oxygens (including phenoxy) is 1. The van der Waals surface area contributed by atoms with Crippen LogP contribution in [0.25, 0.3) is 11.3 Å². The van der Waals surface area contributed by atoms with Crippen LogP contribution < -0.4 is 15.5 Å². The van der Waals surface area contributed by atoms with E-state index in [9.17, 15) is 13.2 Å². The molecule has 0 amide bonds. The van der Waals surface area contributed by atoms with E-state index in [-0.39, 0.29) is 5.75 Å². The summed E-state index contributed by atoms with van der Waals surface area (Å²) < 4.78 is 40.7. The molecule has 0 fully saturated rings. The van der Waals surface area contributed by atoms with Gasteiger partial charge in [0.05, 0.1) is 11.9 Å². The van der Waals surface area contributed by atoms with Crippen LogP contribution in [-0.2, 0) is 0 Å². The summed E-state index contributed by atoms with van der Waals surface area (Å²) in [5, 5.41) is 7.88. The first-order valence-electron chi connectivity index (χ1n) is 9.96. The van der Waals surface area contributed by atoms with Crippen LogP contribution in [0.3, 0.4) is 0 Å². The number of hydrazone groups is 1. The molecular formula is C24H17ClF3N5O. The molecule has 0 aliphatic heterocycles. The minimum absolute atomic E-state index is 0.307. The van der Waals surface area contributed by atoms with Crippen LogP contribution in [0.4, 0.5) is 30.6 Å². The molecule has 0 aliphatic rings. The Morgan fingerprint density at radius 2 is 1.59 bits per heavy atom. The fraction of sp³-hybridized carbons (Fsp3) is 0.0417. The summed E-state index contributed by atoms with van der Waals surface area (Å²) in [5.41, 5.74) is 5.71. The molecule has 0 spiro atoms. The highest BCUT2D eigenvalue weighted by Crippen LogP contribution is 2.24. The van der Waals surface area contributed by atoms with Gasteiger partial charge < -0.3 is 10.1 Å². The summed E-state index contributed by atoms with van der Waals surface area (Å²) >= 11 is 5.95. The third-order valence-corrected chi connectivity index (χ3v) is 4.65. The van der Waals surface area contributed by atoms with Crippen molar-refractivity contribution < 1.29 is 17.9 Å². The molecule has 4 rings (SSSR count). The van der Waals surface area contributed by atoms with Gasteiger partial charge in [0.1, 0.15) is 5.75 Å². The highest BCUT2D eigenvalue weighted by Gasteiger charge is 2.30. The molecule has 10 heteroatoms. The van der Waals surface area contributed by atoms with Gasteiger partial charge in [0, 0.05) is 22.3 Å². The molecule has 6 nitrogen and oxygen atoms in total. The van der Waals surface area contributed by atoms with Crippen molar-refractivity contribution in [2.24, 2.45) is 5.10 Å². The van der Waals surface area contributed by atoms with Crippen molar-refractivity contribution in [3.05, 3.63) is 95.5 Å². The maximum Gasteiger partial charge on any atom is 0.573 e. The summed E-state index contributed by atoms with van der Waals surface area (Å²) in [4.78, 5) is 9.01. The standard InChI is InChI=1S/C24H17ClF3N5O/c25-18-8-10-19(11-9-18)30-23-31-21(17-4-2-1-3-5-17)14-22(32-23)33-29-15-16-6-12-20(13-7-16)34-24(26,27)28/h1-15H,(H2,30,31,32,33)/b29-15-. The number of anilines is 3. The summed E-state index contributed by atoms with van der Waals surface area (Å²) in [6.45, 7) is 0.